The van der Waals surface area contributed by atoms with Gasteiger partial charge in [-0.3, -0.25) is 4.79 Å². The van der Waals surface area contributed by atoms with Crippen LogP contribution in [0.4, 0.5) is 4.79 Å². The van der Waals surface area contributed by atoms with Crippen molar-refractivity contribution in [2.75, 3.05) is 20.1 Å². The molecule has 2 N–H and O–H groups in total. The van der Waals surface area contributed by atoms with Crippen molar-refractivity contribution in [2.24, 2.45) is 5.92 Å². The zero-order valence-corrected chi connectivity index (χ0v) is 11.8. The van der Waals surface area contributed by atoms with E-state index >= 15 is 0 Å². The topological polar surface area (TPSA) is 90.0 Å². The summed E-state index contributed by atoms with van der Waals surface area (Å²) in [5, 5.41) is 11.9. The first-order chi connectivity index (χ1) is 9.40. The van der Waals surface area contributed by atoms with Crippen LogP contribution in [0.25, 0.3) is 0 Å². The molecule has 7 heteroatoms. The van der Waals surface area contributed by atoms with Gasteiger partial charge in [0.2, 0.25) is 5.91 Å². The number of rotatable bonds is 2. The van der Waals surface area contributed by atoms with Crippen molar-refractivity contribution in [1.29, 1.82) is 0 Å². The van der Waals surface area contributed by atoms with Crippen molar-refractivity contribution in [2.45, 2.75) is 38.3 Å². The number of likely N-dealkylation sites (tertiary alicyclic amines) is 2. The van der Waals surface area contributed by atoms with Gasteiger partial charge < -0.3 is 20.2 Å². The van der Waals surface area contributed by atoms with E-state index in [1.807, 2.05) is 6.92 Å². The van der Waals surface area contributed by atoms with Crippen LogP contribution < -0.4 is 5.32 Å². The molecule has 3 unspecified atom stereocenters. The predicted molar refractivity (Wildman–Crippen MR) is 71.1 cm³/mol. The fourth-order valence-electron chi connectivity index (χ4n) is 2.81. The zero-order valence-electron chi connectivity index (χ0n) is 11.8. The maximum absolute atomic E-state index is 12.2. The summed E-state index contributed by atoms with van der Waals surface area (Å²) in [6.07, 6.45) is 1.82. The number of hydrogen-bond donors (Lipinski definition) is 2. The summed E-state index contributed by atoms with van der Waals surface area (Å²) in [6.45, 7) is 3.02. The summed E-state index contributed by atoms with van der Waals surface area (Å²) in [5.41, 5.74) is 0. The second kappa shape index (κ2) is 5.68. The SMILES string of the molecule is CC1CCN(C(=O)NC2CCN(C)C2=O)C(C(=O)O)C1. The fourth-order valence-corrected chi connectivity index (χ4v) is 2.81. The number of amides is 3. The van der Waals surface area contributed by atoms with Crippen molar-refractivity contribution < 1.29 is 19.5 Å². The van der Waals surface area contributed by atoms with Gasteiger partial charge in [0.15, 0.2) is 0 Å². The standard InChI is InChI=1S/C13H21N3O4/c1-8-3-6-16(10(7-8)12(18)19)13(20)14-9-4-5-15(2)11(9)17/h8-10H,3-7H2,1-2H3,(H,14,20)(H,18,19). The van der Waals surface area contributed by atoms with Crippen LogP contribution in [0.3, 0.4) is 0 Å². The van der Waals surface area contributed by atoms with Crippen LogP contribution in [0.1, 0.15) is 26.2 Å². The number of urea groups is 1. The van der Waals surface area contributed by atoms with Crippen molar-refractivity contribution in [3.63, 3.8) is 0 Å². The van der Waals surface area contributed by atoms with E-state index in [4.69, 9.17) is 0 Å². The van der Waals surface area contributed by atoms with Crippen molar-refractivity contribution in [3.8, 4) is 0 Å². The van der Waals surface area contributed by atoms with E-state index < -0.39 is 24.1 Å². The van der Waals surface area contributed by atoms with E-state index in [0.717, 1.165) is 6.42 Å². The molecule has 0 aromatic carbocycles. The lowest BCUT2D eigenvalue weighted by molar-refractivity contribution is -0.143. The minimum absolute atomic E-state index is 0.115. The molecule has 3 amide bonds. The van der Waals surface area contributed by atoms with Gasteiger partial charge in [0.25, 0.3) is 0 Å². The van der Waals surface area contributed by atoms with Gasteiger partial charge in [0, 0.05) is 20.1 Å². The molecule has 2 rings (SSSR count). The fraction of sp³-hybridized carbons (Fsp3) is 0.769. The summed E-state index contributed by atoms with van der Waals surface area (Å²) in [5.74, 6) is -0.809. The summed E-state index contributed by atoms with van der Waals surface area (Å²) < 4.78 is 0. The van der Waals surface area contributed by atoms with E-state index in [9.17, 15) is 19.5 Å². The highest BCUT2D eigenvalue weighted by Crippen LogP contribution is 2.23. The molecular formula is C13H21N3O4. The molecule has 7 nitrogen and oxygen atoms in total. The maximum atomic E-state index is 12.2. The average molecular weight is 283 g/mol. The number of carbonyl (C=O) groups is 3. The molecule has 0 aliphatic carbocycles. The zero-order chi connectivity index (χ0) is 14.9. The Hall–Kier alpha value is -1.79. The van der Waals surface area contributed by atoms with Crippen LogP contribution in [0.15, 0.2) is 0 Å². The number of carbonyl (C=O) groups excluding carboxylic acids is 2. The largest absolute Gasteiger partial charge is 0.480 e. The maximum Gasteiger partial charge on any atom is 0.326 e. The second-order valence-corrected chi connectivity index (χ2v) is 5.73. The molecule has 2 aliphatic heterocycles. The molecule has 2 fully saturated rings. The van der Waals surface area contributed by atoms with Gasteiger partial charge in [-0.2, -0.15) is 0 Å². The number of nitrogens with zero attached hydrogens (tertiary/aromatic N) is 2. The van der Waals surface area contributed by atoms with Crippen LogP contribution in [0, 0.1) is 5.92 Å². The molecule has 2 heterocycles. The number of nitrogens with one attached hydrogen (secondary N) is 1. The monoisotopic (exact) mass is 283 g/mol. The first kappa shape index (κ1) is 14.6. The highest BCUT2D eigenvalue weighted by Gasteiger charge is 2.37. The number of hydrogen-bond acceptors (Lipinski definition) is 3. The summed E-state index contributed by atoms with van der Waals surface area (Å²) in [6, 6.07) is -1.77. The molecule has 112 valence electrons. The molecule has 20 heavy (non-hydrogen) atoms. The summed E-state index contributed by atoms with van der Waals surface area (Å²) in [4.78, 5) is 38.2. The van der Waals surface area contributed by atoms with E-state index in [-0.39, 0.29) is 5.91 Å². The Morgan fingerprint density at radius 3 is 2.55 bits per heavy atom. The third kappa shape index (κ3) is 2.86. The van der Waals surface area contributed by atoms with Gasteiger partial charge in [-0.1, -0.05) is 6.92 Å². The van der Waals surface area contributed by atoms with Gasteiger partial charge in [-0.05, 0) is 25.2 Å². The Morgan fingerprint density at radius 1 is 1.30 bits per heavy atom. The van der Waals surface area contributed by atoms with E-state index in [1.165, 1.54) is 4.90 Å². The number of aliphatic carboxylic acids is 1. The Bertz CT molecular complexity index is 426. The lowest BCUT2D eigenvalue weighted by Gasteiger charge is -2.36. The van der Waals surface area contributed by atoms with Crippen molar-refractivity contribution >= 4 is 17.9 Å². The van der Waals surface area contributed by atoms with E-state index in [2.05, 4.69) is 5.32 Å². The van der Waals surface area contributed by atoms with Crippen molar-refractivity contribution in [3.05, 3.63) is 0 Å². The molecular weight excluding hydrogens is 262 g/mol. The molecule has 0 bridgehead atoms. The highest BCUT2D eigenvalue weighted by molar-refractivity contribution is 5.90. The Balaban J connectivity index is 2.00. The third-order valence-corrected chi connectivity index (χ3v) is 4.14. The van der Waals surface area contributed by atoms with Crippen LogP contribution >= 0.6 is 0 Å². The molecule has 0 saturated carbocycles. The summed E-state index contributed by atoms with van der Waals surface area (Å²) >= 11 is 0. The quantitative estimate of drug-likeness (QED) is 0.752. The molecule has 0 aromatic rings. The third-order valence-electron chi connectivity index (χ3n) is 4.14. The lowest BCUT2D eigenvalue weighted by Crippen LogP contribution is -2.55. The average Bonchev–Trinajstić information content (AvgIpc) is 2.70. The normalized spacial score (nSPS) is 30.5. The van der Waals surface area contributed by atoms with E-state index in [0.29, 0.717) is 31.8 Å². The first-order valence-corrected chi connectivity index (χ1v) is 6.95. The Kier molecular flexibility index (Phi) is 4.15. The van der Waals surface area contributed by atoms with Crippen LogP contribution in [-0.4, -0.2) is 65.0 Å². The molecule has 2 aliphatic rings. The minimum atomic E-state index is -0.985. The van der Waals surface area contributed by atoms with Crippen LogP contribution in [-0.2, 0) is 9.59 Å². The van der Waals surface area contributed by atoms with E-state index in [1.54, 1.807) is 11.9 Å². The number of carboxylic acids is 1. The molecule has 0 aromatic heterocycles. The Labute approximate surface area is 117 Å². The van der Waals surface area contributed by atoms with Gasteiger partial charge in [-0.25, -0.2) is 9.59 Å². The minimum Gasteiger partial charge on any atom is -0.480 e. The Morgan fingerprint density at radius 2 is 2.00 bits per heavy atom. The van der Waals surface area contributed by atoms with Gasteiger partial charge in [-0.15, -0.1) is 0 Å². The molecule has 0 radical (unpaired) electrons. The molecule has 0 spiro atoms. The highest BCUT2D eigenvalue weighted by atomic mass is 16.4. The molecule has 3 atom stereocenters. The number of piperidine rings is 1. The second-order valence-electron chi connectivity index (χ2n) is 5.73. The number of likely N-dealkylation sites (N-methyl/N-ethyl adjacent to an activating group) is 1. The lowest BCUT2D eigenvalue weighted by atomic mass is 9.93. The predicted octanol–water partition coefficient (Wildman–Crippen LogP) is 0.112. The van der Waals surface area contributed by atoms with Gasteiger partial charge in [0.1, 0.15) is 12.1 Å². The van der Waals surface area contributed by atoms with Crippen LogP contribution in [0.5, 0.6) is 0 Å². The summed E-state index contributed by atoms with van der Waals surface area (Å²) in [7, 11) is 1.69. The first-order valence-electron chi connectivity index (χ1n) is 6.95. The smallest absolute Gasteiger partial charge is 0.326 e. The van der Waals surface area contributed by atoms with Crippen molar-refractivity contribution in [1.82, 2.24) is 15.1 Å². The number of carboxylic acid groups (broad SMARTS) is 1. The van der Waals surface area contributed by atoms with Gasteiger partial charge >= 0.3 is 12.0 Å². The van der Waals surface area contributed by atoms with Gasteiger partial charge in [0.05, 0.1) is 0 Å². The van der Waals surface area contributed by atoms with Crippen LogP contribution in [0.2, 0.25) is 0 Å². The molecule has 2 saturated heterocycles.